The van der Waals surface area contributed by atoms with Crippen LogP contribution in [0.3, 0.4) is 0 Å². The molecule has 1 aliphatic heterocycles. The maximum atomic E-state index is 11.9. The average Bonchev–Trinajstić information content (AvgIpc) is 2.84. The largest absolute Gasteiger partial charge is 0.447 e. The van der Waals surface area contributed by atoms with Gasteiger partial charge in [0.05, 0.1) is 6.54 Å². The smallest absolute Gasteiger partial charge is 0.416 e. The van der Waals surface area contributed by atoms with Crippen LogP contribution >= 0.6 is 0 Å². The predicted molar refractivity (Wildman–Crippen MR) is 71.6 cm³/mol. The van der Waals surface area contributed by atoms with Crippen LogP contribution in [0.5, 0.6) is 0 Å². The van der Waals surface area contributed by atoms with Crippen molar-refractivity contribution in [3.63, 3.8) is 0 Å². The minimum absolute atomic E-state index is 0.122. The molecule has 2 rings (SSSR count). The van der Waals surface area contributed by atoms with Crippen LogP contribution in [-0.4, -0.2) is 30.1 Å². The van der Waals surface area contributed by atoms with Gasteiger partial charge in [0.1, 0.15) is 6.61 Å². The van der Waals surface area contributed by atoms with Crippen molar-refractivity contribution in [1.82, 2.24) is 4.90 Å². The Morgan fingerprint density at radius 2 is 2.11 bits per heavy atom. The van der Waals surface area contributed by atoms with Crippen molar-refractivity contribution in [2.75, 3.05) is 13.2 Å². The molecule has 1 saturated heterocycles. The van der Waals surface area contributed by atoms with Crippen LogP contribution in [-0.2, 0) is 16.0 Å². The first-order valence-corrected chi connectivity index (χ1v) is 6.68. The predicted octanol–water partition coefficient (Wildman–Crippen LogP) is 2.62. The lowest BCUT2D eigenvalue weighted by atomic mass is 9.98. The van der Waals surface area contributed by atoms with E-state index >= 15 is 0 Å². The van der Waals surface area contributed by atoms with E-state index in [0.717, 1.165) is 12.8 Å². The van der Waals surface area contributed by atoms with E-state index in [1.165, 1.54) is 10.5 Å². The molecule has 0 aromatic heterocycles. The van der Waals surface area contributed by atoms with E-state index in [0.29, 0.717) is 19.6 Å². The molecule has 1 atom stereocenters. The van der Waals surface area contributed by atoms with Crippen molar-refractivity contribution in [1.29, 1.82) is 0 Å². The molecule has 1 aliphatic rings. The minimum Gasteiger partial charge on any atom is -0.447 e. The van der Waals surface area contributed by atoms with E-state index in [4.69, 9.17) is 4.74 Å². The Kier molecular flexibility index (Phi) is 4.55. The van der Waals surface area contributed by atoms with Crippen molar-refractivity contribution in [3.8, 4) is 0 Å². The maximum absolute atomic E-state index is 11.9. The summed E-state index contributed by atoms with van der Waals surface area (Å²) in [5.74, 6) is 0.143. The number of ether oxygens (including phenoxy) is 1. The summed E-state index contributed by atoms with van der Waals surface area (Å²) < 4.78 is 4.76. The number of carbonyl (C=O) groups is 2. The molecule has 0 bridgehead atoms. The summed E-state index contributed by atoms with van der Waals surface area (Å²) in [6.45, 7) is 2.76. The van der Waals surface area contributed by atoms with Crippen LogP contribution < -0.4 is 0 Å². The Hall–Kier alpha value is -1.84. The zero-order valence-corrected chi connectivity index (χ0v) is 11.2. The number of nitrogens with zero attached hydrogens (tertiary/aromatic N) is 1. The molecule has 2 amide bonds. The lowest BCUT2D eigenvalue weighted by Crippen LogP contribution is -2.32. The van der Waals surface area contributed by atoms with Gasteiger partial charge in [-0.15, -0.1) is 0 Å². The molecule has 1 aromatic rings. The zero-order valence-electron chi connectivity index (χ0n) is 11.2. The van der Waals surface area contributed by atoms with Crippen molar-refractivity contribution in [2.24, 2.45) is 5.92 Å². The average molecular weight is 261 g/mol. The summed E-state index contributed by atoms with van der Waals surface area (Å²) in [6, 6.07) is 10.2. The molecule has 0 radical (unpaired) electrons. The van der Waals surface area contributed by atoms with E-state index in [2.05, 4.69) is 12.1 Å². The standard InChI is InChI=1S/C15H19NO3/c1-12(7-8-13-5-3-2-4-6-13)11-14(17)16-9-10-19-15(16)18/h2-6,12H,7-11H2,1H3. The Bertz CT molecular complexity index is 444. The van der Waals surface area contributed by atoms with Gasteiger partial charge in [-0.25, -0.2) is 9.69 Å². The summed E-state index contributed by atoms with van der Waals surface area (Å²) in [5.41, 5.74) is 1.28. The molecular weight excluding hydrogens is 242 g/mol. The van der Waals surface area contributed by atoms with Crippen LogP contribution in [0.4, 0.5) is 4.79 Å². The normalized spacial score (nSPS) is 16.3. The number of imide groups is 1. The molecule has 1 fully saturated rings. The second-order valence-corrected chi connectivity index (χ2v) is 4.99. The molecule has 0 spiro atoms. The fraction of sp³-hybridized carbons (Fsp3) is 0.467. The van der Waals surface area contributed by atoms with Crippen LogP contribution in [0, 0.1) is 5.92 Å². The number of rotatable bonds is 5. The van der Waals surface area contributed by atoms with Gasteiger partial charge in [-0.2, -0.15) is 0 Å². The number of hydrogen-bond acceptors (Lipinski definition) is 3. The van der Waals surface area contributed by atoms with Gasteiger partial charge in [0.25, 0.3) is 0 Å². The molecule has 1 unspecified atom stereocenters. The fourth-order valence-corrected chi connectivity index (χ4v) is 2.19. The van der Waals surface area contributed by atoms with Crippen LogP contribution in [0.2, 0.25) is 0 Å². The number of carbonyl (C=O) groups excluding carboxylic acids is 2. The quantitative estimate of drug-likeness (QED) is 0.818. The molecule has 102 valence electrons. The molecule has 0 aliphatic carbocycles. The van der Waals surface area contributed by atoms with Crippen LogP contribution in [0.25, 0.3) is 0 Å². The van der Waals surface area contributed by atoms with Crippen molar-refractivity contribution < 1.29 is 14.3 Å². The summed E-state index contributed by atoms with van der Waals surface area (Å²) in [4.78, 5) is 24.4. The molecule has 19 heavy (non-hydrogen) atoms. The number of benzene rings is 1. The van der Waals surface area contributed by atoms with Gasteiger partial charge in [0.2, 0.25) is 5.91 Å². The van der Waals surface area contributed by atoms with E-state index in [9.17, 15) is 9.59 Å². The summed E-state index contributed by atoms with van der Waals surface area (Å²) in [7, 11) is 0. The SMILES string of the molecule is CC(CCc1ccccc1)CC(=O)N1CCOC1=O. The second-order valence-electron chi connectivity index (χ2n) is 4.99. The number of aryl methyl sites for hydroxylation is 1. The van der Waals surface area contributed by atoms with Crippen LogP contribution in [0.15, 0.2) is 30.3 Å². The third kappa shape index (κ3) is 3.81. The zero-order chi connectivity index (χ0) is 13.7. The topological polar surface area (TPSA) is 46.6 Å². The van der Waals surface area contributed by atoms with E-state index < -0.39 is 6.09 Å². The Labute approximate surface area is 113 Å². The highest BCUT2D eigenvalue weighted by Crippen LogP contribution is 2.15. The van der Waals surface area contributed by atoms with E-state index in [1.807, 2.05) is 25.1 Å². The first-order chi connectivity index (χ1) is 9.16. The molecule has 0 saturated carbocycles. The molecule has 1 aromatic carbocycles. The summed E-state index contributed by atoms with van der Waals surface area (Å²) in [6.07, 6.45) is 1.81. The van der Waals surface area contributed by atoms with Crippen molar-refractivity contribution in [2.45, 2.75) is 26.2 Å². The van der Waals surface area contributed by atoms with Crippen LogP contribution in [0.1, 0.15) is 25.3 Å². The first kappa shape index (κ1) is 13.6. The molecule has 0 N–H and O–H groups in total. The number of amides is 2. The molecule has 4 heteroatoms. The van der Waals surface area contributed by atoms with E-state index in [-0.39, 0.29) is 11.8 Å². The van der Waals surface area contributed by atoms with E-state index in [1.54, 1.807) is 0 Å². The lowest BCUT2D eigenvalue weighted by molar-refractivity contribution is -0.128. The third-order valence-electron chi connectivity index (χ3n) is 3.35. The summed E-state index contributed by atoms with van der Waals surface area (Å²) in [5, 5.41) is 0. The third-order valence-corrected chi connectivity index (χ3v) is 3.35. The monoisotopic (exact) mass is 261 g/mol. The van der Waals surface area contributed by atoms with Gasteiger partial charge in [-0.1, -0.05) is 37.3 Å². The van der Waals surface area contributed by atoms with Gasteiger partial charge in [0.15, 0.2) is 0 Å². The minimum atomic E-state index is -0.500. The fourth-order valence-electron chi connectivity index (χ4n) is 2.19. The van der Waals surface area contributed by atoms with Gasteiger partial charge < -0.3 is 4.74 Å². The Morgan fingerprint density at radius 1 is 1.37 bits per heavy atom. The first-order valence-electron chi connectivity index (χ1n) is 6.68. The molecule has 1 heterocycles. The highest BCUT2D eigenvalue weighted by atomic mass is 16.6. The Morgan fingerprint density at radius 3 is 2.74 bits per heavy atom. The highest BCUT2D eigenvalue weighted by molar-refractivity contribution is 5.92. The summed E-state index contributed by atoms with van der Waals surface area (Å²) >= 11 is 0. The lowest BCUT2D eigenvalue weighted by Gasteiger charge is -2.15. The number of cyclic esters (lactones) is 1. The van der Waals surface area contributed by atoms with Gasteiger partial charge in [-0.05, 0) is 24.3 Å². The van der Waals surface area contributed by atoms with Crippen molar-refractivity contribution in [3.05, 3.63) is 35.9 Å². The van der Waals surface area contributed by atoms with Crippen molar-refractivity contribution >= 4 is 12.0 Å². The van der Waals surface area contributed by atoms with Gasteiger partial charge in [-0.3, -0.25) is 4.79 Å². The molecular formula is C15H19NO3. The van der Waals surface area contributed by atoms with Gasteiger partial charge in [0, 0.05) is 6.42 Å². The molecule has 4 nitrogen and oxygen atoms in total. The maximum Gasteiger partial charge on any atom is 0.416 e. The Balaban J connectivity index is 1.76. The second kappa shape index (κ2) is 6.36. The highest BCUT2D eigenvalue weighted by Gasteiger charge is 2.28. The number of hydrogen-bond donors (Lipinski definition) is 0. The van der Waals surface area contributed by atoms with Gasteiger partial charge >= 0.3 is 6.09 Å².